The number of hydrogen-bond acceptors (Lipinski definition) is 5. The fourth-order valence-electron chi connectivity index (χ4n) is 1.53. The maximum Gasteiger partial charge on any atom is 0.374 e. The lowest BCUT2D eigenvalue weighted by Crippen LogP contribution is -1.94. The highest BCUT2D eigenvalue weighted by Gasteiger charge is 2.23. The van der Waals surface area contributed by atoms with E-state index in [1.165, 1.54) is 7.11 Å². The summed E-state index contributed by atoms with van der Waals surface area (Å²) in [5.74, 6) is -3.35. The summed E-state index contributed by atoms with van der Waals surface area (Å²) < 4.78 is 23.3. The average Bonchev–Trinajstić information content (AvgIpc) is 2.82. The molecule has 0 aliphatic carbocycles. The SMILES string of the molecule is COc1c(O)cc(Cl)c(F)c1-c1cc(C(=O)O)on1. The largest absolute Gasteiger partial charge is 0.504 e. The number of benzene rings is 1. The van der Waals surface area contributed by atoms with Gasteiger partial charge in [-0.2, -0.15) is 0 Å². The first kappa shape index (κ1) is 13.2. The first-order valence-corrected chi connectivity index (χ1v) is 5.28. The molecule has 0 aliphatic heterocycles. The Morgan fingerprint density at radius 3 is 2.74 bits per heavy atom. The van der Waals surface area contributed by atoms with Gasteiger partial charge in [0.1, 0.15) is 5.69 Å². The first-order chi connectivity index (χ1) is 8.95. The van der Waals surface area contributed by atoms with Crippen molar-refractivity contribution in [1.82, 2.24) is 5.16 Å². The molecule has 0 fully saturated rings. The first-order valence-electron chi connectivity index (χ1n) is 4.91. The number of carboxylic acid groups (broad SMARTS) is 1. The van der Waals surface area contributed by atoms with Crippen molar-refractivity contribution in [3.8, 4) is 22.8 Å². The minimum Gasteiger partial charge on any atom is -0.504 e. The fourth-order valence-corrected chi connectivity index (χ4v) is 1.72. The number of rotatable bonds is 3. The Hall–Kier alpha value is -2.28. The van der Waals surface area contributed by atoms with Gasteiger partial charge in [-0.25, -0.2) is 9.18 Å². The van der Waals surface area contributed by atoms with Gasteiger partial charge in [-0.1, -0.05) is 16.8 Å². The summed E-state index contributed by atoms with van der Waals surface area (Å²) in [4.78, 5) is 10.7. The molecular formula is C11H7ClFNO5. The molecule has 0 amide bonds. The Labute approximate surface area is 111 Å². The van der Waals surface area contributed by atoms with E-state index in [4.69, 9.17) is 21.4 Å². The minimum atomic E-state index is -1.36. The Morgan fingerprint density at radius 2 is 2.21 bits per heavy atom. The molecule has 8 heteroatoms. The number of ether oxygens (including phenoxy) is 1. The maximum absolute atomic E-state index is 14.0. The molecule has 1 heterocycles. The van der Waals surface area contributed by atoms with Crippen LogP contribution in [0.3, 0.4) is 0 Å². The monoisotopic (exact) mass is 287 g/mol. The van der Waals surface area contributed by atoms with Crippen molar-refractivity contribution in [2.24, 2.45) is 0 Å². The van der Waals surface area contributed by atoms with E-state index < -0.39 is 23.3 Å². The smallest absolute Gasteiger partial charge is 0.374 e. The number of halogens is 2. The molecule has 2 aromatic rings. The molecule has 19 heavy (non-hydrogen) atoms. The molecule has 6 nitrogen and oxygen atoms in total. The van der Waals surface area contributed by atoms with E-state index in [2.05, 4.69) is 9.68 Å². The molecule has 0 atom stereocenters. The van der Waals surface area contributed by atoms with Crippen molar-refractivity contribution < 1.29 is 28.7 Å². The van der Waals surface area contributed by atoms with Crippen molar-refractivity contribution >= 4 is 17.6 Å². The second-order valence-electron chi connectivity index (χ2n) is 3.48. The number of aromatic carboxylic acids is 1. The summed E-state index contributed by atoms with van der Waals surface area (Å²) in [6.45, 7) is 0. The molecule has 100 valence electrons. The van der Waals surface area contributed by atoms with Crippen LogP contribution in [0.2, 0.25) is 5.02 Å². The van der Waals surface area contributed by atoms with Gasteiger partial charge in [0, 0.05) is 12.1 Å². The third kappa shape index (κ3) is 2.19. The predicted octanol–water partition coefficient (Wildman–Crippen LogP) is 2.55. The Morgan fingerprint density at radius 1 is 1.53 bits per heavy atom. The summed E-state index contributed by atoms with van der Waals surface area (Å²) in [6, 6.07) is 1.97. The van der Waals surface area contributed by atoms with Crippen LogP contribution in [0.4, 0.5) is 4.39 Å². The van der Waals surface area contributed by atoms with Gasteiger partial charge in [0.15, 0.2) is 17.3 Å². The van der Waals surface area contributed by atoms with Crippen LogP contribution in [0.25, 0.3) is 11.3 Å². The Kier molecular flexibility index (Phi) is 3.30. The third-order valence-corrected chi connectivity index (χ3v) is 2.61. The van der Waals surface area contributed by atoms with Crippen LogP contribution >= 0.6 is 11.6 Å². The quantitative estimate of drug-likeness (QED) is 0.901. The highest BCUT2D eigenvalue weighted by Crippen LogP contribution is 2.42. The molecular weight excluding hydrogens is 281 g/mol. The van der Waals surface area contributed by atoms with Gasteiger partial charge >= 0.3 is 5.97 Å². The molecule has 0 bridgehead atoms. The van der Waals surface area contributed by atoms with E-state index >= 15 is 0 Å². The zero-order valence-corrected chi connectivity index (χ0v) is 10.2. The molecule has 0 spiro atoms. The lowest BCUT2D eigenvalue weighted by atomic mass is 10.1. The van der Waals surface area contributed by atoms with Gasteiger partial charge in [0.2, 0.25) is 5.76 Å². The topological polar surface area (TPSA) is 92.8 Å². The molecule has 0 saturated carbocycles. The van der Waals surface area contributed by atoms with E-state index in [1.54, 1.807) is 0 Å². The van der Waals surface area contributed by atoms with Crippen LogP contribution in [0.15, 0.2) is 16.7 Å². The Bertz CT molecular complexity index is 655. The number of hydrogen-bond donors (Lipinski definition) is 2. The van der Waals surface area contributed by atoms with Gasteiger partial charge in [0.05, 0.1) is 17.7 Å². The van der Waals surface area contributed by atoms with Crippen LogP contribution in [0.5, 0.6) is 11.5 Å². The normalized spacial score (nSPS) is 10.5. The van der Waals surface area contributed by atoms with Crippen LogP contribution in [-0.2, 0) is 0 Å². The van der Waals surface area contributed by atoms with Crippen molar-refractivity contribution in [2.75, 3.05) is 7.11 Å². The average molecular weight is 288 g/mol. The van der Waals surface area contributed by atoms with Gasteiger partial charge in [-0.05, 0) is 0 Å². The van der Waals surface area contributed by atoms with E-state index in [0.717, 1.165) is 12.1 Å². The molecule has 0 saturated heterocycles. The minimum absolute atomic E-state index is 0.149. The second-order valence-corrected chi connectivity index (χ2v) is 3.89. The van der Waals surface area contributed by atoms with Crippen molar-refractivity contribution in [1.29, 1.82) is 0 Å². The van der Waals surface area contributed by atoms with Crippen LogP contribution in [0.1, 0.15) is 10.6 Å². The van der Waals surface area contributed by atoms with E-state index in [1.807, 2.05) is 0 Å². The number of aromatic nitrogens is 1. The van der Waals surface area contributed by atoms with Crippen molar-refractivity contribution in [2.45, 2.75) is 0 Å². The molecule has 0 aliphatic rings. The summed E-state index contributed by atoms with van der Waals surface area (Å²) in [5.41, 5.74) is -0.423. The fraction of sp³-hybridized carbons (Fsp3) is 0.0909. The predicted molar refractivity (Wildman–Crippen MR) is 62.1 cm³/mol. The second kappa shape index (κ2) is 4.77. The number of carbonyl (C=O) groups is 1. The molecule has 2 N–H and O–H groups in total. The third-order valence-electron chi connectivity index (χ3n) is 2.33. The van der Waals surface area contributed by atoms with Crippen molar-refractivity contribution in [3.05, 3.63) is 28.7 Å². The number of methoxy groups -OCH3 is 1. The van der Waals surface area contributed by atoms with Gasteiger partial charge in [0.25, 0.3) is 0 Å². The Balaban J connectivity index is 2.69. The van der Waals surface area contributed by atoms with E-state index in [0.29, 0.717) is 0 Å². The number of nitrogens with zero attached hydrogens (tertiary/aromatic N) is 1. The zero-order chi connectivity index (χ0) is 14.2. The van der Waals surface area contributed by atoms with Crippen molar-refractivity contribution in [3.63, 3.8) is 0 Å². The lowest BCUT2D eigenvalue weighted by molar-refractivity contribution is 0.0652. The summed E-state index contributed by atoms with van der Waals surface area (Å²) >= 11 is 5.60. The molecule has 2 rings (SSSR count). The van der Waals surface area contributed by atoms with Crippen LogP contribution in [-0.4, -0.2) is 28.4 Å². The number of aromatic hydroxyl groups is 1. The molecule has 0 unspecified atom stereocenters. The summed E-state index contributed by atoms with van der Waals surface area (Å²) in [5, 5.41) is 21.4. The molecule has 1 aromatic carbocycles. The number of phenolic OH excluding ortho intramolecular Hbond substituents is 1. The molecule has 0 radical (unpaired) electrons. The summed E-state index contributed by atoms with van der Waals surface area (Å²) in [6.07, 6.45) is 0. The van der Waals surface area contributed by atoms with E-state index in [-0.39, 0.29) is 22.0 Å². The molecule has 1 aromatic heterocycles. The van der Waals surface area contributed by atoms with Crippen LogP contribution < -0.4 is 4.74 Å². The van der Waals surface area contributed by atoms with Crippen LogP contribution in [0, 0.1) is 5.82 Å². The van der Waals surface area contributed by atoms with E-state index in [9.17, 15) is 14.3 Å². The zero-order valence-electron chi connectivity index (χ0n) is 9.48. The maximum atomic E-state index is 14.0. The van der Waals surface area contributed by atoms with Gasteiger partial charge in [-0.15, -0.1) is 0 Å². The number of phenols is 1. The lowest BCUT2D eigenvalue weighted by Gasteiger charge is -2.10. The summed E-state index contributed by atoms with van der Waals surface area (Å²) in [7, 11) is 1.21. The van der Waals surface area contributed by atoms with Gasteiger partial charge in [-0.3, -0.25) is 0 Å². The highest BCUT2D eigenvalue weighted by molar-refractivity contribution is 6.31. The number of carboxylic acids is 1. The standard InChI is InChI=1S/C11H7ClFNO5/c1-18-10-6(15)2-4(12)9(13)8(10)5-3-7(11(16)17)19-14-5/h2-3,15H,1H3,(H,16,17). The van der Waals surface area contributed by atoms with Gasteiger partial charge < -0.3 is 19.5 Å². The highest BCUT2D eigenvalue weighted by atomic mass is 35.5.